The highest BCUT2D eigenvalue weighted by Crippen LogP contribution is 2.04. The first-order chi connectivity index (χ1) is 5.52. The minimum Gasteiger partial charge on any atom is -0.161 e. The second-order valence-electron chi connectivity index (χ2n) is 3.82. The summed E-state index contributed by atoms with van der Waals surface area (Å²) in [6.07, 6.45) is 2.27. The molecule has 0 saturated heterocycles. The maximum atomic E-state index is 4.10. The summed E-state index contributed by atoms with van der Waals surface area (Å²) in [5, 5.41) is 8.11. The SMILES string of the molecule is CC(C)=N/N=C(/C)CCC(C)C. The Morgan fingerprint density at radius 2 is 1.67 bits per heavy atom. The van der Waals surface area contributed by atoms with E-state index in [4.69, 9.17) is 0 Å². The van der Waals surface area contributed by atoms with E-state index >= 15 is 0 Å². The standard InChI is InChI=1S/C10H20N2/c1-8(2)6-7-10(5)12-11-9(3)4/h8H,6-7H2,1-5H3/b12-10-. The molecule has 0 N–H and O–H groups in total. The van der Waals surface area contributed by atoms with Crippen molar-refractivity contribution in [1.82, 2.24) is 0 Å². The predicted molar refractivity (Wildman–Crippen MR) is 56.0 cm³/mol. The average Bonchev–Trinajstić information content (AvgIpc) is 1.96. The largest absolute Gasteiger partial charge is 0.161 e. The molecule has 0 aromatic rings. The second-order valence-corrected chi connectivity index (χ2v) is 3.82. The molecule has 0 heterocycles. The Morgan fingerprint density at radius 3 is 2.08 bits per heavy atom. The van der Waals surface area contributed by atoms with E-state index in [0.29, 0.717) is 0 Å². The summed E-state index contributed by atoms with van der Waals surface area (Å²) in [4.78, 5) is 0. The topological polar surface area (TPSA) is 24.7 Å². The van der Waals surface area contributed by atoms with E-state index in [0.717, 1.165) is 23.8 Å². The monoisotopic (exact) mass is 168 g/mol. The zero-order valence-electron chi connectivity index (χ0n) is 8.89. The maximum absolute atomic E-state index is 4.10. The van der Waals surface area contributed by atoms with E-state index in [-0.39, 0.29) is 0 Å². The number of rotatable bonds is 4. The molecule has 0 amide bonds. The van der Waals surface area contributed by atoms with Gasteiger partial charge in [0.25, 0.3) is 0 Å². The van der Waals surface area contributed by atoms with Crippen molar-refractivity contribution in [3.63, 3.8) is 0 Å². The molecule has 0 radical (unpaired) electrons. The minimum atomic E-state index is 0.752. The summed E-state index contributed by atoms with van der Waals surface area (Å²) in [7, 11) is 0. The Bertz CT molecular complexity index is 174. The fourth-order valence-corrected chi connectivity index (χ4v) is 0.733. The van der Waals surface area contributed by atoms with Crippen LogP contribution in [0.1, 0.15) is 47.5 Å². The lowest BCUT2D eigenvalue weighted by Gasteiger charge is -2.01. The number of nitrogens with zero attached hydrogens (tertiary/aromatic N) is 2. The van der Waals surface area contributed by atoms with Gasteiger partial charge in [-0.25, -0.2) is 0 Å². The summed E-state index contributed by atoms with van der Waals surface area (Å²) in [5.41, 5.74) is 2.14. The van der Waals surface area contributed by atoms with Gasteiger partial charge in [0.15, 0.2) is 0 Å². The molecule has 0 aromatic carbocycles. The van der Waals surface area contributed by atoms with Gasteiger partial charge in [-0.1, -0.05) is 13.8 Å². The third-order valence-electron chi connectivity index (χ3n) is 1.50. The first-order valence-electron chi connectivity index (χ1n) is 4.56. The molecule has 0 rings (SSSR count). The lowest BCUT2D eigenvalue weighted by atomic mass is 10.1. The molecule has 0 spiro atoms. The molecular weight excluding hydrogens is 148 g/mol. The zero-order valence-corrected chi connectivity index (χ0v) is 8.89. The lowest BCUT2D eigenvalue weighted by Crippen LogP contribution is -1.95. The molecule has 0 saturated carbocycles. The van der Waals surface area contributed by atoms with Gasteiger partial charge in [0.05, 0.1) is 0 Å². The van der Waals surface area contributed by atoms with Gasteiger partial charge in [-0.3, -0.25) is 0 Å². The Labute approximate surface area is 75.8 Å². The maximum Gasteiger partial charge on any atom is 0.0375 e. The van der Waals surface area contributed by atoms with Gasteiger partial charge < -0.3 is 0 Å². The van der Waals surface area contributed by atoms with Crippen LogP contribution < -0.4 is 0 Å². The van der Waals surface area contributed by atoms with E-state index in [2.05, 4.69) is 24.1 Å². The van der Waals surface area contributed by atoms with Crippen molar-refractivity contribution in [3.8, 4) is 0 Å². The van der Waals surface area contributed by atoms with Gasteiger partial charge in [-0.15, -0.1) is 0 Å². The molecule has 2 heteroatoms. The molecule has 70 valence electrons. The fraction of sp³-hybridized carbons (Fsp3) is 0.800. The third-order valence-corrected chi connectivity index (χ3v) is 1.50. The van der Waals surface area contributed by atoms with Crippen LogP contribution in [0.3, 0.4) is 0 Å². The van der Waals surface area contributed by atoms with E-state index in [1.807, 2.05) is 20.8 Å². The average molecular weight is 168 g/mol. The van der Waals surface area contributed by atoms with Crippen LogP contribution in [0.25, 0.3) is 0 Å². The number of hydrogen-bond acceptors (Lipinski definition) is 2. The molecule has 0 aliphatic rings. The summed E-state index contributed by atoms with van der Waals surface area (Å²) >= 11 is 0. The van der Waals surface area contributed by atoms with Crippen LogP contribution in [-0.4, -0.2) is 11.4 Å². The van der Waals surface area contributed by atoms with Crippen molar-refractivity contribution in [2.24, 2.45) is 16.1 Å². The van der Waals surface area contributed by atoms with Crippen molar-refractivity contribution >= 4 is 11.4 Å². The van der Waals surface area contributed by atoms with Crippen LogP contribution in [-0.2, 0) is 0 Å². The molecule has 2 nitrogen and oxygen atoms in total. The van der Waals surface area contributed by atoms with Crippen molar-refractivity contribution in [2.75, 3.05) is 0 Å². The van der Waals surface area contributed by atoms with Crippen LogP contribution in [0.2, 0.25) is 0 Å². The highest BCUT2D eigenvalue weighted by atomic mass is 15.2. The summed E-state index contributed by atoms with van der Waals surface area (Å²) in [6.45, 7) is 10.4. The van der Waals surface area contributed by atoms with E-state index in [1.165, 1.54) is 6.42 Å². The molecule has 0 aliphatic carbocycles. The van der Waals surface area contributed by atoms with Crippen LogP contribution in [0.15, 0.2) is 10.2 Å². The van der Waals surface area contributed by atoms with E-state index < -0.39 is 0 Å². The fourth-order valence-electron chi connectivity index (χ4n) is 0.733. The van der Waals surface area contributed by atoms with Gasteiger partial charge >= 0.3 is 0 Å². The normalized spacial score (nSPS) is 12.0. The van der Waals surface area contributed by atoms with Crippen molar-refractivity contribution in [2.45, 2.75) is 47.5 Å². The van der Waals surface area contributed by atoms with Crippen LogP contribution in [0.4, 0.5) is 0 Å². The van der Waals surface area contributed by atoms with Crippen LogP contribution in [0, 0.1) is 5.92 Å². The molecule has 0 fully saturated rings. The smallest absolute Gasteiger partial charge is 0.0375 e. The van der Waals surface area contributed by atoms with Gasteiger partial charge in [0.1, 0.15) is 0 Å². The highest BCUT2D eigenvalue weighted by molar-refractivity contribution is 5.84. The summed E-state index contributed by atoms with van der Waals surface area (Å²) in [6, 6.07) is 0. The highest BCUT2D eigenvalue weighted by Gasteiger charge is 1.95. The Morgan fingerprint density at radius 1 is 1.08 bits per heavy atom. The quantitative estimate of drug-likeness (QED) is 0.454. The van der Waals surface area contributed by atoms with Crippen molar-refractivity contribution in [1.29, 1.82) is 0 Å². The van der Waals surface area contributed by atoms with Gasteiger partial charge in [0, 0.05) is 11.4 Å². The van der Waals surface area contributed by atoms with E-state index in [9.17, 15) is 0 Å². The van der Waals surface area contributed by atoms with Gasteiger partial charge in [0.2, 0.25) is 0 Å². The third kappa shape index (κ3) is 7.45. The zero-order chi connectivity index (χ0) is 9.56. The van der Waals surface area contributed by atoms with Gasteiger partial charge in [-0.2, -0.15) is 10.2 Å². The molecule has 0 aromatic heterocycles. The Hall–Kier alpha value is -0.660. The van der Waals surface area contributed by atoms with Crippen LogP contribution in [0.5, 0.6) is 0 Å². The second kappa shape index (κ2) is 5.92. The first kappa shape index (κ1) is 11.3. The van der Waals surface area contributed by atoms with Gasteiger partial charge in [-0.05, 0) is 39.5 Å². The summed E-state index contributed by atoms with van der Waals surface area (Å²) < 4.78 is 0. The number of hydrogen-bond donors (Lipinski definition) is 0. The molecule has 0 bridgehead atoms. The molecular formula is C10H20N2. The van der Waals surface area contributed by atoms with Crippen LogP contribution >= 0.6 is 0 Å². The molecule has 12 heavy (non-hydrogen) atoms. The summed E-state index contributed by atoms with van der Waals surface area (Å²) in [5.74, 6) is 0.752. The minimum absolute atomic E-state index is 0.752. The lowest BCUT2D eigenvalue weighted by molar-refractivity contribution is 0.602. The van der Waals surface area contributed by atoms with Crippen molar-refractivity contribution in [3.05, 3.63) is 0 Å². The molecule has 0 aliphatic heterocycles. The van der Waals surface area contributed by atoms with Crippen molar-refractivity contribution < 1.29 is 0 Å². The predicted octanol–water partition coefficient (Wildman–Crippen LogP) is 3.28. The molecule has 0 atom stereocenters. The Balaban J connectivity index is 3.79. The Kier molecular flexibility index (Phi) is 5.60. The first-order valence-corrected chi connectivity index (χ1v) is 4.56. The van der Waals surface area contributed by atoms with E-state index in [1.54, 1.807) is 0 Å². The molecule has 0 unspecified atom stereocenters.